The van der Waals surface area contributed by atoms with Gasteiger partial charge in [0.05, 0.1) is 48.7 Å². The van der Waals surface area contributed by atoms with Gasteiger partial charge in [0, 0.05) is 48.6 Å². The number of nitrogens with one attached hydrogen (secondary N) is 1. The van der Waals surface area contributed by atoms with Crippen LogP contribution in [-0.4, -0.2) is 152 Å². The molecular formula is C39H51NO17. The fourth-order valence-corrected chi connectivity index (χ4v) is 8.09. The van der Waals surface area contributed by atoms with Crippen LogP contribution in [0.1, 0.15) is 95.5 Å². The summed E-state index contributed by atoms with van der Waals surface area (Å²) in [6.45, 7) is 4.43. The summed E-state index contributed by atoms with van der Waals surface area (Å²) in [6.07, 6.45) is -12.7. The highest BCUT2D eigenvalue weighted by Crippen LogP contribution is 2.52. The van der Waals surface area contributed by atoms with Crippen LogP contribution in [0.2, 0.25) is 0 Å². The van der Waals surface area contributed by atoms with Crippen molar-refractivity contribution in [2.75, 3.05) is 26.9 Å². The number of aliphatic hydroxyl groups is 6. The molecule has 2 saturated heterocycles. The maximum absolute atomic E-state index is 13.9. The van der Waals surface area contributed by atoms with E-state index in [2.05, 4.69) is 5.32 Å². The summed E-state index contributed by atoms with van der Waals surface area (Å²) in [4.78, 5) is 40.5. The first kappa shape index (κ1) is 43.0. The van der Waals surface area contributed by atoms with Crippen molar-refractivity contribution in [3.05, 3.63) is 51.6 Å². The molecule has 0 aromatic heterocycles. The number of carbonyl (C=O) groups excluding carboxylic acids is 3. The molecule has 0 amide bonds. The molecule has 2 heterocycles. The lowest BCUT2D eigenvalue weighted by atomic mass is 9.72. The van der Waals surface area contributed by atoms with Gasteiger partial charge in [0.2, 0.25) is 5.78 Å². The van der Waals surface area contributed by atoms with Gasteiger partial charge in [0.1, 0.15) is 47.3 Å². The van der Waals surface area contributed by atoms with Gasteiger partial charge in [-0.1, -0.05) is 12.1 Å². The van der Waals surface area contributed by atoms with Gasteiger partial charge in [-0.15, -0.1) is 0 Å². The van der Waals surface area contributed by atoms with Crippen LogP contribution in [0.15, 0.2) is 18.2 Å². The van der Waals surface area contributed by atoms with Crippen LogP contribution in [0.3, 0.4) is 0 Å². The number of phenols is 2. The molecule has 2 aromatic rings. The molecule has 4 aliphatic rings. The monoisotopic (exact) mass is 805 g/mol. The van der Waals surface area contributed by atoms with Gasteiger partial charge in [0.15, 0.2) is 30.4 Å². The van der Waals surface area contributed by atoms with Crippen molar-refractivity contribution in [1.29, 1.82) is 0 Å². The second-order valence-electron chi connectivity index (χ2n) is 14.9. The Bertz CT molecular complexity index is 1840. The van der Waals surface area contributed by atoms with E-state index in [1.807, 2.05) is 0 Å². The van der Waals surface area contributed by atoms with Crippen LogP contribution in [0.4, 0.5) is 0 Å². The van der Waals surface area contributed by atoms with E-state index in [1.54, 1.807) is 13.8 Å². The Labute approximate surface area is 327 Å². The molecule has 0 bridgehead atoms. The van der Waals surface area contributed by atoms with Crippen molar-refractivity contribution < 1.29 is 83.7 Å². The summed E-state index contributed by atoms with van der Waals surface area (Å²) in [7, 11) is 1.32. The number of aliphatic hydroxyl groups excluding tert-OH is 5. The third kappa shape index (κ3) is 8.06. The Kier molecular flexibility index (Phi) is 13.0. The van der Waals surface area contributed by atoms with E-state index in [1.165, 1.54) is 25.3 Å². The van der Waals surface area contributed by atoms with Crippen LogP contribution in [-0.2, 0) is 34.9 Å². The van der Waals surface area contributed by atoms with E-state index in [9.17, 15) is 55.2 Å². The van der Waals surface area contributed by atoms with Crippen LogP contribution in [0, 0.1) is 0 Å². The van der Waals surface area contributed by atoms with Crippen molar-refractivity contribution in [1.82, 2.24) is 5.32 Å². The van der Waals surface area contributed by atoms with Crippen molar-refractivity contribution in [2.24, 2.45) is 0 Å². The van der Waals surface area contributed by atoms with E-state index in [4.69, 9.17) is 28.4 Å². The van der Waals surface area contributed by atoms with Crippen LogP contribution in [0.5, 0.6) is 17.2 Å². The summed E-state index contributed by atoms with van der Waals surface area (Å²) >= 11 is 0. The smallest absolute Gasteiger partial charge is 0.202 e. The Morgan fingerprint density at radius 3 is 2.39 bits per heavy atom. The number of Topliss-reactive ketones (excluding diaryl/α,β-unsaturated/α-hetero) is 1. The number of ether oxygens (including phenoxy) is 6. The molecule has 314 valence electrons. The van der Waals surface area contributed by atoms with Gasteiger partial charge < -0.3 is 74.6 Å². The number of rotatable bonds is 14. The van der Waals surface area contributed by atoms with E-state index in [0.29, 0.717) is 13.0 Å². The molecule has 18 heteroatoms. The number of phenolic OH excluding ortho intramolecular Hbond substituents is 2. The average molecular weight is 806 g/mol. The average Bonchev–Trinajstić information content (AvgIpc) is 3.18. The van der Waals surface area contributed by atoms with Crippen LogP contribution in [0.25, 0.3) is 0 Å². The third-order valence-corrected chi connectivity index (χ3v) is 11.3. The molecule has 0 radical (unpaired) electrons. The van der Waals surface area contributed by atoms with Gasteiger partial charge in [-0.3, -0.25) is 14.4 Å². The normalized spacial score (nSPS) is 32.9. The van der Waals surface area contributed by atoms with Crippen molar-refractivity contribution in [2.45, 2.75) is 126 Å². The first-order valence-electron chi connectivity index (χ1n) is 19.0. The largest absolute Gasteiger partial charge is 0.507 e. The molecule has 6 rings (SSSR count). The summed E-state index contributed by atoms with van der Waals surface area (Å²) < 4.78 is 34.5. The third-order valence-electron chi connectivity index (χ3n) is 11.3. The fourth-order valence-electron chi connectivity index (χ4n) is 8.09. The van der Waals surface area contributed by atoms with Crippen LogP contribution < -0.4 is 10.1 Å². The Morgan fingerprint density at radius 1 is 1.00 bits per heavy atom. The van der Waals surface area contributed by atoms with E-state index in [-0.39, 0.29) is 47.5 Å². The maximum Gasteiger partial charge on any atom is 0.202 e. The molecule has 0 spiro atoms. The highest BCUT2D eigenvalue weighted by atomic mass is 16.8. The van der Waals surface area contributed by atoms with Crippen molar-refractivity contribution in [3.63, 3.8) is 0 Å². The molecule has 3 unspecified atom stereocenters. The highest BCUT2D eigenvalue weighted by molar-refractivity contribution is 6.31. The minimum absolute atomic E-state index is 0.0335. The molecule has 2 aliphatic carbocycles. The first-order valence-corrected chi connectivity index (χ1v) is 19.0. The molecule has 0 saturated carbocycles. The zero-order chi connectivity index (χ0) is 41.5. The minimum atomic E-state index is -2.09. The topological polar surface area (TPSA) is 280 Å². The Morgan fingerprint density at radius 2 is 1.72 bits per heavy atom. The summed E-state index contributed by atoms with van der Waals surface area (Å²) in [5.41, 5.74) is -3.41. The number of fused-ring (bicyclic) bond motifs is 3. The first-order chi connectivity index (χ1) is 27.1. The number of hydrogen-bond donors (Lipinski definition) is 9. The quantitative estimate of drug-likeness (QED) is 0.0570. The standard InChI is InChI=1S/C39H51NO17/c1-5-53-24(57-38-37(50)36(49)33(46)23(15-41)56-38)10-7-11-40-20-12-25(54-16(2)30(20)43)55-22-14-39(51,17(3)42)13-19-27(22)35(48)29-28(32(19)45)31(44)18-8-6-9-21(52-4)26(18)34(29)47/h6,8-9,16,20,22-25,30,33,36-38,40-41,43,45-46,48-51H,5,7,10-15H2,1-4H3/t16-,20-,22?,23+,24?,25-,30+,33-,36-,37+,38-,39?/m0/s1. The number of benzene rings is 2. The van der Waals surface area contributed by atoms with Gasteiger partial charge in [0.25, 0.3) is 0 Å². The minimum Gasteiger partial charge on any atom is -0.507 e. The fraction of sp³-hybridized carbons (Fsp3) is 0.615. The lowest BCUT2D eigenvalue weighted by molar-refractivity contribution is -0.337. The molecule has 18 nitrogen and oxygen atoms in total. The molecule has 12 atom stereocenters. The molecule has 9 N–H and O–H groups in total. The molecular weight excluding hydrogens is 754 g/mol. The highest BCUT2D eigenvalue weighted by Gasteiger charge is 2.50. The maximum atomic E-state index is 13.9. The van der Waals surface area contributed by atoms with Gasteiger partial charge in [-0.05, 0) is 46.2 Å². The van der Waals surface area contributed by atoms with Crippen molar-refractivity contribution in [3.8, 4) is 17.2 Å². The predicted octanol–water partition coefficient (Wildman–Crippen LogP) is -0.381. The predicted molar refractivity (Wildman–Crippen MR) is 194 cm³/mol. The SMILES string of the molecule is CCOC(CCCN[C@H]1C[C@H](OC2CC(O)(C(C)=O)Cc3c(O)c4c(c(O)c32)C(=O)c2c(OC)cccc2C4=O)O[C@@H](C)[C@H]1O)O[C@@H]1O[C@H](CO)[C@H](O)[C@H](O)[C@H]1O. The van der Waals surface area contributed by atoms with E-state index in [0.717, 1.165) is 6.92 Å². The van der Waals surface area contributed by atoms with Crippen LogP contribution >= 0.6 is 0 Å². The van der Waals surface area contributed by atoms with Gasteiger partial charge in [-0.25, -0.2) is 0 Å². The lowest BCUT2D eigenvalue weighted by Gasteiger charge is -2.43. The summed E-state index contributed by atoms with van der Waals surface area (Å²) in [5.74, 6) is -3.45. The number of hydrogen-bond acceptors (Lipinski definition) is 18. The summed E-state index contributed by atoms with van der Waals surface area (Å²) in [6, 6.07) is 3.76. The second kappa shape index (κ2) is 17.3. The number of carbonyl (C=O) groups is 3. The number of methoxy groups -OCH3 is 1. The van der Waals surface area contributed by atoms with Gasteiger partial charge >= 0.3 is 0 Å². The van der Waals surface area contributed by atoms with Crippen molar-refractivity contribution >= 4 is 17.3 Å². The lowest BCUT2D eigenvalue weighted by Crippen LogP contribution is -2.59. The Balaban J connectivity index is 1.19. The zero-order valence-electron chi connectivity index (χ0n) is 32.0. The molecule has 57 heavy (non-hydrogen) atoms. The molecule has 2 fully saturated rings. The molecule has 2 aromatic carbocycles. The summed E-state index contributed by atoms with van der Waals surface area (Å²) in [5, 5.41) is 89.4. The van der Waals surface area contributed by atoms with Gasteiger partial charge in [-0.2, -0.15) is 0 Å². The number of ketones is 3. The van der Waals surface area contributed by atoms with E-state index >= 15 is 0 Å². The zero-order valence-corrected chi connectivity index (χ0v) is 32.0. The van der Waals surface area contributed by atoms with E-state index < -0.39 is 133 Å². The number of aromatic hydroxyl groups is 2. The Hall–Kier alpha value is -3.63. The molecule has 2 aliphatic heterocycles. The second-order valence-corrected chi connectivity index (χ2v) is 14.9.